The third kappa shape index (κ3) is 3.56. The van der Waals surface area contributed by atoms with Crippen LogP contribution in [0.3, 0.4) is 0 Å². The molecule has 0 aromatic carbocycles. The molecule has 74 valence electrons. The minimum absolute atomic E-state index is 0.482. The zero-order valence-corrected chi connectivity index (χ0v) is 7.48. The number of rotatable bonds is 2. The second-order valence-electron chi connectivity index (χ2n) is 2.36. The quantitative estimate of drug-likeness (QED) is 0.436. The Morgan fingerprint density at radius 1 is 1.62 bits per heavy atom. The van der Waals surface area contributed by atoms with Gasteiger partial charge in [-0.05, 0) is 6.42 Å². The van der Waals surface area contributed by atoms with E-state index in [-0.39, 0.29) is 0 Å². The number of hydrogen-bond donors (Lipinski definition) is 3. The monoisotopic (exact) mass is 208 g/mol. The summed E-state index contributed by atoms with van der Waals surface area (Å²) in [6.45, 7) is 0.482. The first-order valence-corrected chi connectivity index (χ1v) is 4.99. The van der Waals surface area contributed by atoms with Crippen LogP contribution >= 0.6 is 7.82 Å². The van der Waals surface area contributed by atoms with Crippen LogP contribution in [0.5, 0.6) is 0 Å². The van der Waals surface area contributed by atoms with Gasteiger partial charge in [0.25, 0.3) is 0 Å². The van der Waals surface area contributed by atoms with Gasteiger partial charge in [0.15, 0.2) is 0 Å². The molecule has 0 atom stereocenters. The molecule has 0 aromatic heterocycles. The first kappa shape index (κ1) is 10.2. The maximum absolute atomic E-state index is 11.0. The van der Waals surface area contributed by atoms with Gasteiger partial charge in [-0.1, -0.05) is 6.08 Å². The number of carbonyl (C=O) groups is 1. The molecule has 7 nitrogen and oxygen atoms in total. The summed E-state index contributed by atoms with van der Waals surface area (Å²) in [4.78, 5) is 28.7. The highest BCUT2D eigenvalue weighted by atomic mass is 31.2. The topological polar surface area (TPSA) is 99.1 Å². The molecular formula is C5H9N2O5P. The molecule has 0 aromatic rings. The van der Waals surface area contributed by atoms with Gasteiger partial charge in [0.2, 0.25) is 0 Å². The van der Waals surface area contributed by atoms with Gasteiger partial charge in [-0.2, -0.15) is 4.62 Å². The summed E-state index contributed by atoms with van der Waals surface area (Å²) in [7, 11) is -4.64. The van der Waals surface area contributed by atoms with Crippen molar-refractivity contribution in [3.05, 3.63) is 12.3 Å². The van der Waals surface area contributed by atoms with E-state index in [0.717, 1.165) is 6.42 Å². The first-order valence-electron chi connectivity index (χ1n) is 3.46. The number of nitrogens with zero attached hydrogens (tertiary/aromatic N) is 1. The number of nitrogens with one attached hydrogen (secondary N) is 1. The highest BCUT2D eigenvalue weighted by Crippen LogP contribution is 2.33. The van der Waals surface area contributed by atoms with Crippen LogP contribution in [-0.4, -0.2) is 27.3 Å². The van der Waals surface area contributed by atoms with Crippen molar-refractivity contribution >= 4 is 13.9 Å². The number of carbonyl (C=O) groups excluding carboxylic acids is 1. The Morgan fingerprint density at radius 3 is 2.77 bits per heavy atom. The largest absolute Gasteiger partial charge is 0.491 e. The lowest BCUT2D eigenvalue weighted by molar-refractivity contribution is 0.119. The van der Waals surface area contributed by atoms with Crippen LogP contribution < -0.4 is 5.48 Å². The maximum Gasteiger partial charge on any atom is 0.491 e. The molecule has 13 heavy (non-hydrogen) atoms. The summed E-state index contributed by atoms with van der Waals surface area (Å²) in [6.07, 6.45) is 4.00. The fraction of sp³-hybridized carbons (Fsp3) is 0.400. The van der Waals surface area contributed by atoms with Crippen LogP contribution in [0.25, 0.3) is 0 Å². The zero-order chi connectivity index (χ0) is 9.90. The normalized spacial score (nSPS) is 16.3. The first-order chi connectivity index (χ1) is 5.99. The number of urea groups is 1. The Balaban J connectivity index is 2.33. The van der Waals surface area contributed by atoms with Crippen LogP contribution in [0, 0.1) is 0 Å². The van der Waals surface area contributed by atoms with Gasteiger partial charge in [0.05, 0.1) is 0 Å². The van der Waals surface area contributed by atoms with Crippen molar-refractivity contribution in [3.63, 3.8) is 0 Å². The molecule has 0 saturated heterocycles. The fourth-order valence-corrected chi connectivity index (χ4v) is 1.01. The molecule has 0 aliphatic carbocycles. The lowest BCUT2D eigenvalue weighted by atomic mass is 10.5. The highest BCUT2D eigenvalue weighted by Gasteiger charge is 2.19. The molecule has 1 heterocycles. The average molecular weight is 208 g/mol. The standard InChI is InChI=1S/C5H9N2O5P/c8-5(6-12-13(9,10)11)7-3-1-2-4-7/h1,3H,2,4H2,(H,6,8)(H2,9,10,11). The van der Waals surface area contributed by atoms with Crippen LogP contribution in [-0.2, 0) is 9.19 Å². The predicted octanol–water partition coefficient (Wildman–Crippen LogP) is -0.0603. The molecule has 0 unspecified atom stereocenters. The molecule has 0 spiro atoms. The van der Waals surface area contributed by atoms with Crippen LogP contribution in [0.4, 0.5) is 4.79 Å². The van der Waals surface area contributed by atoms with Crippen molar-refractivity contribution in [2.75, 3.05) is 6.54 Å². The van der Waals surface area contributed by atoms with Gasteiger partial charge in [-0.25, -0.2) is 14.8 Å². The third-order valence-corrected chi connectivity index (χ3v) is 1.66. The lowest BCUT2D eigenvalue weighted by Gasteiger charge is -2.13. The summed E-state index contributed by atoms with van der Waals surface area (Å²) in [5.74, 6) is 0. The Kier molecular flexibility index (Phi) is 3.05. The second-order valence-corrected chi connectivity index (χ2v) is 3.52. The van der Waals surface area contributed by atoms with Crippen molar-refractivity contribution < 1.29 is 23.8 Å². The molecule has 0 bridgehead atoms. The molecule has 0 saturated carbocycles. The molecule has 1 aliphatic rings. The van der Waals surface area contributed by atoms with E-state index in [1.54, 1.807) is 11.6 Å². The van der Waals surface area contributed by atoms with Gasteiger partial charge < -0.3 is 9.79 Å². The minimum atomic E-state index is -4.64. The van der Waals surface area contributed by atoms with Gasteiger partial charge in [0.1, 0.15) is 0 Å². The predicted molar refractivity (Wildman–Crippen MR) is 42.1 cm³/mol. The van der Waals surface area contributed by atoms with Crippen molar-refractivity contribution in [1.82, 2.24) is 10.4 Å². The number of hydrogen-bond acceptors (Lipinski definition) is 3. The molecular weight excluding hydrogens is 199 g/mol. The Bertz CT molecular complexity index is 272. The summed E-state index contributed by atoms with van der Waals surface area (Å²) in [5.41, 5.74) is 1.64. The van der Waals surface area contributed by atoms with Gasteiger partial charge in [-0.3, -0.25) is 4.90 Å². The van der Waals surface area contributed by atoms with Crippen molar-refractivity contribution in [3.8, 4) is 0 Å². The van der Waals surface area contributed by atoms with E-state index in [0.29, 0.717) is 6.54 Å². The average Bonchev–Trinajstić information content (AvgIpc) is 2.50. The van der Waals surface area contributed by atoms with Crippen LogP contribution in [0.15, 0.2) is 12.3 Å². The van der Waals surface area contributed by atoms with Gasteiger partial charge in [0, 0.05) is 12.7 Å². The second kappa shape index (κ2) is 3.89. The molecule has 0 fully saturated rings. The SMILES string of the molecule is O=C(NOP(=O)(O)O)N1C=CCC1. The van der Waals surface area contributed by atoms with E-state index in [4.69, 9.17) is 9.79 Å². The van der Waals surface area contributed by atoms with Gasteiger partial charge >= 0.3 is 13.9 Å². The summed E-state index contributed by atoms with van der Waals surface area (Å²) < 4.78 is 14.0. The van der Waals surface area contributed by atoms with Crippen molar-refractivity contribution in [2.24, 2.45) is 0 Å². The summed E-state index contributed by atoms with van der Waals surface area (Å²) >= 11 is 0. The molecule has 1 aliphatic heterocycles. The number of amides is 2. The molecule has 2 amide bonds. The number of hydroxylamine groups is 1. The van der Waals surface area contributed by atoms with Crippen LogP contribution in [0.2, 0.25) is 0 Å². The van der Waals surface area contributed by atoms with E-state index < -0.39 is 13.9 Å². The zero-order valence-electron chi connectivity index (χ0n) is 6.58. The molecule has 3 N–H and O–H groups in total. The molecule has 8 heteroatoms. The summed E-state index contributed by atoms with van der Waals surface area (Å²) in [5, 5.41) is 0. The Labute approximate surface area is 74.2 Å². The molecule has 1 rings (SSSR count). The minimum Gasteiger partial charge on any atom is -0.301 e. The number of phosphoric acid groups is 1. The van der Waals surface area contributed by atoms with Crippen molar-refractivity contribution in [1.29, 1.82) is 0 Å². The van der Waals surface area contributed by atoms with E-state index in [2.05, 4.69) is 4.62 Å². The van der Waals surface area contributed by atoms with Crippen molar-refractivity contribution in [2.45, 2.75) is 6.42 Å². The lowest BCUT2D eigenvalue weighted by Crippen LogP contribution is -2.34. The summed E-state index contributed by atoms with van der Waals surface area (Å²) in [6, 6.07) is -0.697. The Hall–Kier alpha value is -0.880. The maximum atomic E-state index is 11.0. The van der Waals surface area contributed by atoms with E-state index in [1.807, 2.05) is 0 Å². The highest BCUT2D eigenvalue weighted by molar-refractivity contribution is 7.46. The van der Waals surface area contributed by atoms with E-state index >= 15 is 0 Å². The Morgan fingerprint density at radius 2 is 2.31 bits per heavy atom. The van der Waals surface area contributed by atoms with E-state index in [9.17, 15) is 9.36 Å². The van der Waals surface area contributed by atoms with Crippen LogP contribution in [0.1, 0.15) is 6.42 Å². The van der Waals surface area contributed by atoms with E-state index in [1.165, 1.54) is 11.1 Å². The third-order valence-electron chi connectivity index (χ3n) is 1.33. The smallest absolute Gasteiger partial charge is 0.301 e. The van der Waals surface area contributed by atoms with Gasteiger partial charge in [-0.15, -0.1) is 0 Å². The molecule has 0 radical (unpaired) electrons. The fourth-order valence-electron chi connectivity index (χ4n) is 0.816.